The first-order valence-corrected chi connectivity index (χ1v) is 6.83. The smallest absolute Gasteiger partial charge is 0.274 e. The normalized spacial score (nSPS) is 10.0. The van der Waals surface area contributed by atoms with Crippen LogP contribution in [-0.4, -0.2) is 15.9 Å². The largest absolute Gasteiger partial charge is 0.324 e. The SMILES string of the molecule is O=C(Nc1ccccc1)c1ccnc(Nc2ccccc2)n1. The highest BCUT2D eigenvalue weighted by atomic mass is 16.1. The molecular weight excluding hydrogens is 276 g/mol. The van der Waals surface area contributed by atoms with Crippen molar-refractivity contribution >= 4 is 23.2 Å². The van der Waals surface area contributed by atoms with E-state index in [-0.39, 0.29) is 5.91 Å². The molecule has 0 aliphatic carbocycles. The lowest BCUT2D eigenvalue weighted by Gasteiger charge is -2.07. The molecule has 0 fully saturated rings. The Morgan fingerprint density at radius 3 is 2.14 bits per heavy atom. The predicted octanol–water partition coefficient (Wildman–Crippen LogP) is 3.47. The molecule has 1 amide bonds. The van der Waals surface area contributed by atoms with Crippen LogP contribution in [0.2, 0.25) is 0 Å². The second kappa shape index (κ2) is 6.49. The van der Waals surface area contributed by atoms with Gasteiger partial charge < -0.3 is 10.6 Å². The van der Waals surface area contributed by atoms with Crippen molar-refractivity contribution in [2.24, 2.45) is 0 Å². The number of hydrogen-bond donors (Lipinski definition) is 2. The van der Waals surface area contributed by atoms with E-state index in [1.54, 1.807) is 12.3 Å². The fourth-order valence-electron chi connectivity index (χ4n) is 1.91. The number of carbonyl (C=O) groups excluding carboxylic acids is 1. The van der Waals surface area contributed by atoms with Crippen LogP contribution < -0.4 is 10.6 Å². The van der Waals surface area contributed by atoms with Gasteiger partial charge >= 0.3 is 0 Å². The molecule has 0 aliphatic rings. The number of nitrogens with zero attached hydrogens (tertiary/aromatic N) is 2. The minimum absolute atomic E-state index is 0.273. The van der Waals surface area contributed by atoms with Crippen LogP contribution in [0.1, 0.15) is 10.5 Å². The Balaban J connectivity index is 1.75. The standard InChI is InChI=1S/C17H14N4O/c22-16(19-13-7-3-1-4-8-13)15-11-12-18-17(21-15)20-14-9-5-2-6-10-14/h1-12H,(H,19,22)(H,18,20,21). The molecule has 5 nitrogen and oxygen atoms in total. The summed E-state index contributed by atoms with van der Waals surface area (Å²) in [5.41, 5.74) is 1.89. The van der Waals surface area contributed by atoms with E-state index < -0.39 is 0 Å². The average Bonchev–Trinajstić information content (AvgIpc) is 2.57. The van der Waals surface area contributed by atoms with Gasteiger partial charge in [-0.2, -0.15) is 0 Å². The Kier molecular flexibility index (Phi) is 4.06. The summed E-state index contributed by atoms with van der Waals surface area (Å²) in [6.07, 6.45) is 1.55. The van der Waals surface area contributed by atoms with Gasteiger partial charge in [0.1, 0.15) is 5.69 Å². The van der Waals surface area contributed by atoms with Crippen LogP contribution in [-0.2, 0) is 0 Å². The van der Waals surface area contributed by atoms with Crippen molar-refractivity contribution in [2.75, 3.05) is 10.6 Å². The Bertz CT molecular complexity index is 760. The average molecular weight is 290 g/mol. The molecule has 2 N–H and O–H groups in total. The Morgan fingerprint density at radius 2 is 1.45 bits per heavy atom. The van der Waals surface area contributed by atoms with Gasteiger partial charge in [-0.1, -0.05) is 36.4 Å². The second-order valence-corrected chi connectivity index (χ2v) is 4.58. The van der Waals surface area contributed by atoms with Gasteiger partial charge in [0.15, 0.2) is 0 Å². The summed E-state index contributed by atoms with van der Waals surface area (Å²) in [6.45, 7) is 0. The molecule has 22 heavy (non-hydrogen) atoms. The van der Waals surface area contributed by atoms with E-state index >= 15 is 0 Å². The summed E-state index contributed by atoms with van der Waals surface area (Å²) in [4.78, 5) is 20.5. The molecule has 1 heterocycles. The lowest BCUT2D eigenvalue weighted by Crippen LogP contribution is -2.14. The zero-order chi connectivity index (χ0) is 15.2. The number of amides is 1. The fourth-order valence-corrected chi connectivity index (χ4v) is 1.91. The summed E-state index contributed by atoms with van der Waals surface area (Å²) in [5, 5.41) is 5.85. The van der Waals surface area contributed by atoms with Gasteiger partial charge in [-0.3, -0.25) is 4.79 Å². The van der Waals surface area contributed by atoms with Crippen molar-refractivity contribution in [2.45, 2.75) is 0 Å². The third-order valence-electron chi connectivity index (χ3n) is 2.95. The number of carbonyl (C=O) groups is 1. The molecule has 0 unspecified atom stereocenters. The van der Waals surface area contributed by atoms with Gasteiger partial charge in [0.25, 0.3) is 5.91 Å². The van der Waals surface area contributed by atoms with E-state index in [0.29, 0.717) is 11.6 Å². The Labute approximate surface area is 128 Å². The van der Waals surface area contributed by atoms with Crippen LogP contribution in [0.15, 0.2) is 72.9 Å². The van der Waals surface area contributed by atoms with E-state index in [9.17, 15) is 4.79 Å². The van der Waals surface area contributed by atoms with Crippen LogP contribution in [0.4, 0.5) is 17.3 Å². The van der Waals surface area contributed by atoms with E-state index in [1.165, 1.54) is 0 Å². The molecule has 0 atom stereocenters. The van der Waals surface area contributed by atoms with E-state index in [0.717, 1.165) is 11.4 Å². The van der Waals surface area contributed by atoms with Crippen molar-refractivity contribution in [1.82, 2.24) is 9.97 Å². The number of anilines is 3. The maximum absolute atomic E-state index is 12.2. The van der Waals surface area contributed by atoms with Gasteiger partial charge in [0.2, 0.25) is 5.95 Å². The molecule has 0 bridgehead atoms. The first-order chi connectivity index (χ1) is 10.8. The number of para-hydroxylation sites is 2. The maximum atomic E-state index is 12.2. The molecule has 108 valence electrons. The van der Waals surface area contributed by atoms with Crippen LogP contribution in [0.25, 0.3) is 0 Å². The van der Waals surface area contributed by atoms with Gasteiger partial charge in [-0.05, 0) is 30.3 Å². The molecule has 0 saturated carbocycles. The lowest BCUT2D eigenvalue weighted by atomic mass is 10.3. The number of benzene rings is 2. The number of rotatable bonds is 4. The maximum Gasteiger partial charge on any atom is 0.274 e. The second-order valence-electron chi connectivity index (χ2n) is 4.58. The van der Waals surface area contributed by atoms with Gasteiger partial charge in [0.05, 0.1) is 0 Å². The lowest BCUT2D eigenvalue weighted by molar-refractivity contribution is 0.102. The zero-order valence-corrected chi connectivity index (χ0v) is 11.7. The van der Waals surface area contributed by atoms with Crippen molar-refractivity contribution in [1.29, 1.82) is 0 Å². The van der Waals surface area contributed by atoms with Gasteiger partial charge in [0, 0.05) is 17.6 Å². The number of hydrogen-bond acceptors (Lipinski definition) is 4. The van der Waals surface area contributed by atoms with Crippen molar-refractivity contribution < 1.29 is 4.79 Å². The quantitative estimate of drug-likeness (QED) is 0.772. The fraction of sp³-hybridized carbons (Fsp3) is 0. The van der Waals surface area contributed by atoms with Crippen molar-refractivity contribution in [3.63, 3.8) is 0 Å². The highest BCUT2D eigenvalue weighted by molar-refractivity contribution is 6.02. The molecule has 0 saturated heterocycles. The first-order valence-electron chi connectivity index (χ1n) is 6.83. The van der Waals surface area contributed by atoms with E-state index in [4.69, 9.17) is 0 Å². The first kappa shape index (κ1) is 13.8. The molecule has 3 rings (SSSR count). The molecule has 0 aliphatic heterocycles. The summed E-state index contributed by atoms with van der Waals surface area (Å²) >= 11 is 0. The van der Waals surface area contributed by atoms with Crippen molar-refractivity contribution in [3.05, 3.63) is 78.6 Å². The van der Waals surface area contributed by atoms with Crippen LogP contribution >= 0.6 is 0 Å². The van der Waals surface area contributed by atoms with Crippen LogP contribution in [0, 0.1) is 0 Å². The molecule has 3 aromatic rings. The molecule has 5 heteroatoms. The van der Waals surface area contributed by atoms with Crippen molar-refractivity contribution in [3.8, 4) is 0 Å². The topological polar surface area (TPSA) is 66.9 Å². The summed E-state index contributed by atoms with van der Waals surface area (Å²) in [6, 6.07) is 20.4. The third-order valence-corrected chi connectivity index (χ3v) is 2.95. The molecule has 0 radical (unpaired) electrons. The number of aromatic nitrogens is 2. The summed E-state index contributed by atoms with van der Waals surface area (Å²) in [7, 11) is 0. The molecular formula is C17H14N4O. The van der Waals surface area contributed by atoms with E-state index in [1.807, 2.05) is 60.7 Å². The highest BCUT2D eigenvalue weighted by Gasteiger charge is 2.09. The zero-order valence-electron chi connectivity index (χ0n) is 11.7. The Morgan fingerprint density at radius 1 is 0.818 bits per heavy atom. The van der Waals surface area contributed by atoms with Gasteiger partial charge in [-0.15, -0.1) is 0 Å². The monoisotopic (exact) mass is 290 g/mol. The minimum atomic E-state index is -0.273. The molecule has 0 spiro atoms. The third kappa shape index (κ3) is 3.46. The minimum Gasteiger partial charge on any atom is -0.324 e. The Hall–Kier alpha value is -3.21. The number of nitrogens with one attached hydrogen (secondary N) is 2. The van der Waals surface area contributed by atoms with Crippen LogP contribution in [0.5, 0.6) is 0 Å². The van der Waals surface area contributed by atoms with Crippen LogP contribution in [0.3, 0.4) is 0 Å². The summed E-state index contributed by atoms with van der Waals surface area (Å²) in [5.74, 6) is 0.108. The predicted molar refractivity (Wildman–Crippen MR) is 86.2 cm³/mol. The highest BCUT2D eigenvalue weighted by Crippen LogP contribution is 2.12. The molecule has 1 aromatic heterocycles. The summed E-state index contributed by atoms with van der Waals surface area (Å²) < 4.78 is 0. The van der Waals surface area contributed by atoms with E-state index in [2.05, 4.69) is 20.6 Å². The molecule has 2 aromatic carbocycles. The van der Waals surface area contributed by atoms with Gasteiger partial charge in [-0.25, -0.2) is 9.97 Å².